The van der Waals surface area contributed by atoms with Gasteiger partial charge < -0.3 is 14.3 Å². The van der Waals surface area contributed by atoms with E-state index in [1.165, 1.54) is 0 Å². The number of H-pyrrole nitrogens is 1. The zero-order valence-corrected chi connectivity index (χ0v) is 16.4. The number of rotatable bonds is 10. The Labute approximate surface area is 154 Å². The molecule has 0 aromatic carbocycles. The number of nitrogens with one attached hydrogen (secondary N) is 1. The highest BCUT2D eigenvalue weighted by Gasteiger charge is 2.32. The molecule has 9 heteroatoms. The Bertz CT molecular complexity index is 838. The fraction of sp³-hybridized carbons (Fsp3) is 0.647. The molecule has 0 aliphatic heterocycles. The maximum absolute atomic E-state index is 12.7. The van der Waals surface area contributed by atoms with Gasteiger partial charge >= 0.3 is 0 Å². The fourth-order valence-electron chi connectivity index (χ4n) is 2.99. The largest absolute Gasteiger partial charge is 0.383 e. The number of aryl methyl sites for hydroxylation is 1. The molecule has 1 saturated carbocycles. The molecule has 2 heterocycles. The molecule has 0 saturated heterocycles. The molecule has 0 amide bonds. The summed E-state index contributed by atoms with van der Waals surface area (Å²) in [7, 11) is 0.218. The van der Waals surface area contributed by atoms with E-state index in [9.17, 15) is 8.42 Å². The van der Waals surface area contributed by atoms with Crippen LogP contribution in [0.3, 0.4) is 0 Å². The van der Waals surface area contributed by atoms with Gasteiger partial charge in [0.1, 0.15) is 5.82 Å². The van der Waals surface area contributed by atoms with E-state index in [2.05, 4.69) is 19.9 Å². The van der Waals surface area contributed by atoms with Gasteiger partial charge in [-0.1, -0.05) is 0 Å². The Hall–Kier alpha value is -1.71. The molecular weight excluding hydrogens is 354 g/mol. The number of nitrogens with zero attached hydrogens (tertiary/aromatic N) is 4. The zero-order chi connectivity index (χ0) is 18.7. The molecule has 1 aliphatic carbocycles. The minimum Gasteiger partial charge on any atom is -0.383 e. The summed E-state index contributed by atoms with van der Waals surface area (Å²) in [6, 6.07) is 0. The lowest BCUT2D eigenvalue weighted by atomic mass is 10.4. The Kier molecular flexibility index (Phi) is 5.79. The van der Waals surface area contributed by atoms with Crippen molar-refractivity contribution in [2.24, 2.45) is 5.92 Å². The van der Waals surface area contributed by atoms with Crippen LogP contribution in [0.15, 0.2) is 17.6 Å². The van der Waals surface area contributed by atoms with Crippen LogP contribution >= 0.6 is 0 Å². The molecule has 1 fully saturated rings. The van der Waals surface area contributed by atoms with Crippen LogP contribution in [0.25, 0.3) is 0 Å². The van der Waals surface area contributed by atoms with Crippen molar-refractivity contribution >= 4 is 9.84 Å². The highest BCUT2D eigenvalue weighted by Crippen LogP contribution is 2.32. The third kappa shape index (κ3) is 4.72. The topological polar surface area (TPSA) is 93.1 Å². The van der Waals surface area contributed by atoms with Gasteiger partial charge in [0, 0.05) is 32.1 Å². The van der Waals surface area contributed by atoms with E-state index in [1.807, 2.05) is 14.0 Å². The number of hydrogen-bond donors (Lipinski definition) is 1. The molecule has 1 aliphatic rings. The molecule has 0 atom stereocenters. The first-order valence-electron chi connectivity index (χ1n) is 8.84. The zero-order valence-electron chi connectivity index (χ0n) is 15.6. The van der Waals surface area contributed by atoms with Crippen LogP contribution < -0.4 is 0 Å². The van der Waals surface area contributed by atoms with Gasteiger partial charge in [0.15, 0.2) is 0 Å². The number of methoxy groups -OCH3 is 1. The monoisotopic (exact) mass is 381 g/mol. The molecule has 0 radical (unpaired) electrons. The molecule has 0 spiro atoms. The van der Waals surface area contributed by atoms with Gasteiger partial charge in [-0.3, -0.25) is 4.90 Å². The number of imidazole rings is 2. The van der Waals surface area contributed by atoms with Crippen molar-refractivity contribution in [3.8, 4) is 0 Å². The highest BCUT2D eigenvalue weighted by atomic mass is 32.2. The molecule has 8 nitrogen and oxygen atoms in total. The van der Waals surface area contributed by atoms with Crippen molar-refractivity contribution in [2.75, 3.05) is 26.5 Å². The second-order valence-corrected chi connectivity index (χ2v) is 9.01. The Morgan fingerprint density at radius 2 is 2.08 bits per heavy atom. The number of aromatic nitrogens is 4. The summed E-state index contributed by atoms with van der Waals surface area (Å²) >= 11 is 0. The quantitative estimate of drug-likeness (QED) is 0.668. The molecular formula is C17H27N5O3S. The van der Waals surface area contributed by atoms with Crippen LogP contribution in [0.1, 0.15) is 30.1 Å². The average Bonchev–Trinajstić information content (AvgIpc) is 3.12. The Morgan fingerprint density at radius 1 is 1.31 bits per heavy atom. The molecule has 0 bridgehead atoms. The van der Waals surface area contributed by atoms with E-state index in [4.69, 9.17) is 4.74 Å². The Balaban J connectivity index is 1.77. The maximum Gasteiger partial charge on any atom is 0.227 e. The van der Waals surface area contributed by atoms with Crippen molar-refractivity contribution < 1.29 is 13.2 Å². The van der Waals surface area contributed by atoms with Crippen LogP contribution in [-0.4, -0.2) is 59.4 Å². The summed E-state index contributed by atoms with van der Waals surface area (Å²) in [5.74, 6) is 1.37. The van der Waals surface area contributed by atoms with Gasteiger partial charge in [-0.05, 0) is 32.7 Å². The summed E-state index contributed by atoms with van der Waals surface area (Å²) in [5.41, 5.74) is 1.88. The summed E-state index contributed by atoms with van der Waals surface area (Å²) in [6.07, 6.45) is 5.46. The van der Waals surface area contributed by atoms with Gasteiger partial charge in [-0.25, -0.2) is 18.4 Å². The van der Waals surface area contributed by atoms with Gasteiger partial charge in [-0.2, -0.15) is 0 Å². The van der Waals surface area contributed by atoms with E-state index in [1.54, 1.807) is 24.1 Å². The summed E-state index contributed by atoms with van der Waals surface area (Å²) in [5, 5.41) is 0.165. The number of hydrogen-bond acceptors (Lipinski definition) is 6. The van der Waals surface area contributed by atoms with E-state index in [-0.39, 0.29) is 10.9 Å². The van der Waals surface area contributed by atoms with Crippen LogP contribution in [0.4, 0.5) is 0 Å². The molecule has 3 rings (SSSR count). The van der Waals surface area contributed by atoms with Crippen molar-refractivity contribution in [1.82, 2.24) is 24.4 Å². The minimum absolute atomic E-state index is 0.165. The summed E-state index contributed by atoms with van der Waals surface area (Å²) in [4.78, 5) is 13.9. The highest BCUT2D eigenvalue weighted by molar-refractivity contribution is 7.91. The number of sulfone groups is 1. The van der Waals surface area contributed by atoms with E-state index in [0.29, 0.717) is 32.2 Å². The predicted octanol–water partition coefficient (Wildman–Crippen LogP) is 1.38. The van der Waals surface area contributed by atoms with Gasteiger partial charge in [0.05, 0.1) is 30.8 Å². The normalized spacial score (nSPS) is 15.1. The molecule has 144 valence electrons. The molecule has 1 N–H and O–H groups in total. The van der Waals surface area contributed by atoms with Crippen molar-refractivity contribution in [2.45, 2.75) is 44.6 Å². The van der Waals surface area contributed by atoms with Gasteiger partial charge in [0.2, 0.25) is 15.0 Å². The molecule has 2 aromatic rings. The maximum atomic E-state index is 12.7. The molecule has 26 heavy (non-hydrogen) atoms. The Morgan fingerprint density at radius 3 is 2.69 bits per heavy atom. The first-order valence-corrected chi connectivity index (χ1v) is 10.5. The minimum atomic E-state index is -3.37. The van der Waals surface area contributed by atoms with Crippen LogP contribution in [0, 0.1) is 12.8 Å². The fourth-order valence-corrected chi connectivity index (χ4v) is 4.85. The van der Waals surface area contributed by atoms with Crippen LogP contribution in [-0.2, 0) is 34.2 Å². The average molecular weight is 382 g/mol. The second-order valence-electron chi connectivity index (χ2n) is 7.09. The van der Waals surface area contributed by atoms with Crippen molar-refractivity contribution in [3.05, 3.63) is 29.6 Å². The van der Waals surface area contributed by atoms with Gasteiger partial charge in [-0.15, -0.1) is 0 Å². The van der Waals surface area contributed by atoms with E-state index >= 15 is 0 Å². The lowest BCUT2D eigenvalue weighted by Crippen LogP contribution is -2.23. The summed E-state index contributed by atoms with van der Waals surface area (Å²) < 4.78 is 32.4. The van der Waals surface area contributed by atoms with Gasteiger partial charge in [0.25, 0.3) is 0 Å². The standard InChI is InChI=1S/C17H27N5O3S/c1-13-8-18-16(20-13)11-21(2)10-15-9-19-17(22(15)6-7-25-3)26(23,24)12-14-4-5-14/h8-9,14H,4-7,10-12H2,1-3H3,(H,18,20). The molecule has 2 aromatic heterocycles. The van der Waals surface area contributed by atoms with Crippen LogP contribution in [0.2, 0.25) is 0 Å². The number of ether oxygens (including phenoxy) is 1. The third-order valence-corrected chi connectivity index (χ3v) is 6.25. The van der Waals surface area contributed by atoms with Crippen molar-refractivity contribution in [1.29, 1.82) is 0 Å². The first kappa shape index (κ1) is 19.1. The lowest BCUT2D eigenvalue weighted by molar-refractivity contribution is 0.181. The predicted molar refractivity (Wildman–Crippen MR) is 97.4 cm³/mol. The SMILES string of the molecule is COCCn1c(CN(C)Cc2ncc(C)[nH]2)cnc1S(=O)(=O)CC1CC1. The number of aromatic amines is 1. The van der Waals surface area contributed by atoms with Crippen molar-refractivity contribution in [3.63, 3.8) is 0 Å². The van der Waals surface area contributed by atoms with E-state index < -0.39 is 9.84 Å². The first-order chi connectivity index (χ1) is 12.4. The second kappa shape index (κ2) is 7.89. The van der Waals surface area contributed by atoms with E-state index in [0.717, 1.165) is 30.1 Å². The molecule has 0 unspecified atom stereocenters. The lowest BCUT2D eigenvalue weighted by Gasteiger charge is -2.17. The summed E-state index contributed by atoms with van der Waals surface area (Å²) in [6.45, 7) is 4.10. The van der Waals surface area contributed by atoms with Crippen LogP contribution in [0.5, 0.6) is 0 Å². The smallest absolute Gasteiger partial charge is 0.227 e. The third-order valence-electron chi connectivity index (χ3n) is 4.46.